The van der Waals surface area contributed by atoms with Gasteiger partial charge in [0.15, 0.2) is 0 Å². The third-order valence-corrected chi connectivity index (χ3v) is 1.75. The maximum atomic E-state index is 6.85. The van der Waals surface area contributed by atoms with Crippen LogP contribution in [0.5, 0.6) is 0 Å². The zero-order valence-electron chi connectivity index (χ0n) is 7.12. The molecular weight excluding hydrogens is 142 g/mol. The van der Waals surface area contributed by atoms with Crippen LogP contribution in [0.1, 0.15) is 13.3 Å². The Morgan fingerprint density at radius 2 is 2.00 bits per heavy atom. The predicted molar refractivity (Wildman–Crippen MR) is 46.0 cm³/mol. The summed E-state index contributed by atoms with van der Waals surface area (Å²) in [6.07, 6.45) is 0.772. The van der Waals surface area contributed by atoms with Crippen LogP contribution in [-0.2, 0) is 4.43 Å². The van der Waals surface area contributed by atoms with E-state index in [0.29, 0.717) is 5.76 Å². The lowest BCUT2D eigenvalue weighted by molar-refractivity contribution is 0.414. The molecule has 0 atom stereocenters. The first-order valence-electron chi connectivity index (χ1n) is 3.47. The van der Waals surface area contributed by atoms with Gasteiger partial charge in [-0.15, -0.1) is 0 Å². The van der Waals surface area contributed by atoms with Crippen molar-refractivity contribution in [3.63, 3.8) is 0 Å². The Bertz CT molecular complexity index is 153. The molecule has 0 aromatic rings. The smallest absolute Gasteiger partial charge is 0.242 e. The van der Waals surface area contributed by atoms with Crippen molar-refractivity contribution >= 4 is 14.2 Å². The maximum Gasteiger partial charge on any atom is 0.242 e. The molecule has 0 saturated carbocycles. The highest BCUT2D eigenvalue weighted by Gasteiger charge is 2.16. The molecule has 0 aliphatic rings. The summed E-state index contributed by atoms with van der Waals surface area (Å²) in [6, 6.07) is 0. The van der Waals surface area contributed by atoms with Crippen LogP contribution >= 0.6 is 0 Å². The van der Waals surface area contributed by atoms with Gasteiger partial charge in [0, 0.05) is 12.3 Å². The van der Waals surface area contributed by atoms with E-state index in [-0.39, 0.29) is 0 Å². The van der Waals surface area contributed by atoms with Crippen LogP contribution in [0.3, 0.4) is 0 Å². The van der Waals surface area contributed by atoms with Gasteiger partial charge in [-0.25, -0.2) is 0 Å². The number of hydrogen-bond donors (Lipinski definition) is 1. The molecule has 0 aromatic heterocycles. The molecule has 0 spiro atoms. The van der Waals surface area contributed by atoms with Gasteiger partial charge in [-0.2, -0.15) is 0 Å². The van der Waals surface area contributed by atoms with Gasteiger partial charge in [-0.3, -0.25) is 5.41 Å². The Morgan fingerprint density at radius 1 is 1.50 bits per heavy atom. The van der Waals surface area contributed by atoms with Crippen LogP contribution in [0, 0.1) is 5.41 Å². The number of hydrogen-bond acceptors (Lipinski definition) is 2. The molecule has 0 aromatic carbocycles. The molecule has 0 amide bonds. The van der Waals surface area contributed by atoms with Crippen LogP contribution in [0.25, 0.3) is 0 Å². The van der Waals surface area contributed by atoms with E-state index < -0.39 is 8.32 Å². The van der Waals surface area contributed by atoms with Crippen LogP contribution in [0.15, 0.2) is 5.76 Å². The van der Waals surface area contributed by atoms with Crippen molar-refractivity contribution in [1.82, 2.24) is 0 Å². The van der Waals surface area contributed by atoms with Gasteiger partial charge in [0.05, 0.1) is 0 Å². The highest BCUT2D eigenvalue weighted by atomic mass is 28.4. The third kappa shape index (κ3) is 4.36. The summed E-state index contributed by atoms with van der Waals surface area (Å²) in [7, 11) is -1.48. The maximum absolute atomic E-state index is 6.85. The molecule has 3 heteroatoms. The van der Waals surface area contributed by atoms with Gasteiger partial charge in [-0.1, -0.05) is 6.92 Å². The van der Waals surface area contributed by atoms with Gasteiger partial charge in [-0.05, 0) is 19.6 Å². The third-order valence-electron chi connectivity index (χ3n) is 0.890. The molecule has 0 aliphatic heterocycles. The topological polar surface area (TPSA) is 33.1 Å². The average molecular weight is 157 g/mol. The summed E-state index contributed by atoms with van der Waals surface area (Å²) in [5.41, 5.74) is 0. The zero-order chi connectivity index (χ0) is 8.20. The van der Waals surface area contributed by atoms with E-state index in [0.717, 1.165) is 6.42 Å². The average Bonchev–Trinajstić information content (AvgIpc) is 1.81. The molecule has 0 saturated heterocycles. The summed E-state index contributed by atoms with van der Waals surface area (Å²) in [4.78, 5) is 0. The molecule has 0 aliphatic carbocycles. The highest BCUT2D eigenvalue weighted by molar-refractivity contribution is 6.70. The van der Waals surface area contributed by atoms with Gasteiger partial charge in [0.25, 0.3) is 0 Å². The molecule has 0 radical (unpaired) electrons. The van der Waals surface area contributed by atoms with E-state index in [1.165, 1.54) is 0 Å². The minimum absolute atomic E-state index is 0.680. The van der Waals surface area contributed by atoms with Crippen molar-refractivity contribution in [2.45, 2.75) is 33.0 Å². The van der Waals surface area contributed by atoms with Crippen molar-refractivity contribution in [3.8, 4) is 0 Å². The van der Waals surface area contributed by atoms with Crippen molar-refractivity contribution in [2.24, 2.45) is 0 Å². The summed E-state index contributed by atoms with van der Waals surface area (Å²) in [6.45, 7) is 8.26. The van der Waals surface area contributed by atoms with Crippen molar-refractivity contribution in [1.29, 1.82) is 5.41 Å². The van der Waals surface area contributed by atoms with Gasteiger partial charge < -0.3 is 4.43 Å². The number of nitrogens with one attached hydrogen (secondary N) is 1. The molecule has 10 heavy (non-hydrogen) atoms. The molecular formula is C7H15NOSi. The standard InChI is InChI=1S/C7H15NOSi/c1-5-7(6-8)9-10(2,3)4/h8H,5H2,1-4H3. The minimum atomic E-state index is -1.48. The summed E-state index contributed by atoms with van der Waals surface area (Å²) < 4.78 is 5.49. The normalized spacial score (nSPS) is 10.4. The Kier molecular flexibility index (Phi) is 3.40. The van der Waals surface area contributed by atoms with E-state index >= 15 is 0 Å². The first-order valence-corrected chi connectivity index (χ1v) is 6.88. The second-order valence-corrected chi connectivity index (χ2v) is 7.55. The largest absolute Gasteiger partial charge is 0.541 e. The van der Waals surface area contributed by atoms with Crippen LogP contribution in [0.2, 0.25) is 19.6 Å². The van der Waals surface area contributed by atoms with Gasteiger partial charge in [0.2, 0.25) is 8.32 Å². The molecule has 0 heterocycles. The lowest BCUT2D eigenvalue weighted by atomic mass is 10.4. The second kappa shape index (κ2) is 3.59. The van der Waals surface area contributed by atoms with Crippen LogP contribution in [0.4, 0.5) is 0 Å². The predicted octanol–water partition coefficient (Wildman–Crippen LogP) is 2.38. The molecule has 0 bridgehead atoms. The Hall–Kier alpha value is -0.533. The number of rotatable bonds is 3. The first kappa shape index (κ1) is 9.47. The van der Waals surface area contributed by atoms with E-state index in [1.54, 1.807) is 0 Å². The highest BCUT2D eigenvalue weighted by Crippen LogP contribution is 2.09. The molecule has 0 fully saturated rings. The Morgan fingerprint density at radius 3 is 2.10 bits per heavy atom. The SMILES string of the molecule is CCC(=C=N)O[Si](C)(C)C. The fourth-order valence-electron chi connectivity index (χ4n) is 0.556. The minimum Gasteiger partial charge on any atom is -0.541 e. The summed E-state index contributed by atoms with van der Waals surface area (Å²) >= 11 is 0. The van der Waals surface area contributed by atoms with Crippen molar-refractivity contribution < 1.29 is 4.43 Å². The van der Waals surface area contributed by atoms with E-state index in [4.69, 9.17) is 9.84 Å². The van der Waals surface area contributed by atoms with Crippen LogP contribution < -0.4 is 0 Å². The first-order chi connectivity index (χ1) is 4.49. The van der Waals surface area contributed by atoms with E-state index in [9.17, 15) is 0 Å². The van der Waals surface area contributed by atoms with Gasteiger partial charge >= 0.3 is 0 Å². The quantitative estimate of drug-likeness (QED) is 0.381. The Balaban J connectivity index is 4.01. The zero-order valence-corrected chi connectivity index (χ0v) is 8.12. The lowest BCUT2D eigenvalue weighted by Gasteiger charge is -2.18. The lowest BCUT2D eigenvalue weighted by Crippen LogP contribution is -2.24. The monoisotopic (exact) mass is 157 g/mol. The second-order valence-electron chi connectivity index (χ2n) is 3.12. The van der Waals surface area contributed by atoms with Gasteiger partial charge in [0.1, 0.15) is 5.76 Å². The summed E-state index contributed by atoms with van der Waals surface area (Å²) in [5.74, 6) is 2.97. The molecule has 0 rings (SSSR count). The molecule has 0 unspecified atom stereocenters. The van der Waals surface area contributed by atoms with Crippen molar-refractivity contribution in [2.75, 3.05) is 0 Å². The van der Waals surface area contributed by atoms with E-state index in [2.05, 4.69) is 25.5 Å². The van der Waals surface area contributed by atoms with E-state index in [1.807, 2.05) is 6.92 Å². The fraction of sp³-hybridized carbons (Fsp3) is 0.714. The molecule has 2 nitrogen and oxygen atoms in total. The number of allylic oxidation sites excluding steroid dienone is 1. The molecule has 1 N–H and O–H groups in total. The van der Waals surface area contributed by atoms with Crippen LogP contribution in [-0.4, -0.2) is 14.2 Å². The Labute approximate surface area is 63.5 Å². The van der Waals surface area contributed by atoms with Crippen molar-refractivity contribution in [3.05, 3.63) is 5.76 Å². The fourth-order valence-corrected chi connectivity index (χ4v) is 1.49. The summed E-state index contributed by atoms with van der Waals surface area (Å²) in [5, 5.41) is 6.85. The molecule has 58 valence electrons.